The highest BCUT2D eigenvalue weighted by molar-refractivity contribution is 8.00. The summed E-state index contributed by atoms with van der Waals surface area (Å²) in [5, 5.41) is 28.7. The van der Waals surface area contributed by atoms with E-state index in [1.807, 2.05) is 0 Å². The first-order valence-electron chi connectivity index (χ1n) is 10.5. The van der Waals surface area contributed by atoms with Crippen LogP contribution in [-0.2, 0) is 32.4 Å². The number of anilines is 1. The van der Waals surface area contributed by atoms with Gasteiger partial charge < -0.3 is 30.9 Å². The molecule has 2 aliphatic rings. The van der Waals surface area contributed by atoms with Crippen LogP contribution in [0.25, 0.3) is 0 Å². The highest BCUT2D eigenvalue weighted by Gasteiger charge is 2.53. The first-order valence-corrected chi connectivity index (χ1v) is 12.4. The van der Waals surface area contributed by atoms with Crippen molar-refractivity contribution in [3.05, 3.63) is 52.4 Å². The maximum absolute atomic E-state index is 13.0. The lowest BCUT2D eigenvalue weighted by Gasteiger charge is -2.50. The summed E-state index contributed by atoms with van der Waals surface area (Å²) in [5.41, 5.74) is 6.47. The fourth-order valence-corrected chi connectivity index (χ4v) is 5.61. The fraction of sp³-hybridized carbons (Fsp3) is 0.273. The molecule has 0 saturated carbocycles. The molecule has 0 aliphatic carbocycles. The van der Waals surface area contributed by atoms with E-state index >= 15 is 0 Å². The predicted molar refractivity (Wildman–Crippen MR) is 127 cm³/mol. The van der Waals surface area contributed by atoms with Crippen molar-refractivity contribution in [1.82, 2.24) is 15.2 Å². The van der Waals surface area contributed by atoms with E-state index in [1.165, 1.54) is 17.1 Å². The van der Waals surface area contributed by atoms with Crippen molar-refractivity contribution in [3.8, 4) is 12.3 Å². The molecule has 186 valence electrons. The van der Waals surface area contributed by atoms with Crippen molar-refractivity contribution in [2.45, 2.75) is 24.6 Å². The molecule has 36 heavy (non-hydrogen) atoms. The van der Waals surface area contributed by atoms with Crippen molar-refractivity contribution in [1.29, 1.82) is 0 Å². The minimum absolute atomic E-state index is 0.145. The Labute approximate surface area is 213 Å². The largest absolute Gasteiger partial charge is 0.543 e. The number of oxime groups is 1. The number of hydrogen-bond acceptors (Lipinski definition) is 11. The Kier molecular flexibility index (Phi) is 7.53. The van der Waals surface area contributed by atoms with Crippen LogP contribution in [0.2, 0.25) is 0 Å². The summed E-state index contributed by atoms with van der Waals surface area (Å²) in [6.07, 6.45) is 8.56. The second-order valence-electron chi connectivity index (χ2n) is 7.63. The maximum Gasteiger partial charge on any atom is 0.276 e. The summed E-state index contributed by atoms with van der Waals surface area (Å²) in [4.78, 5) is 48.0. The number of fused-ring (bicyclic) bond motifs is 1. The average Bonchev–Trinajstić information content (AvgIpc) is 3.30. The molecule has 1 unspecified atom stereocenters. The summed E-state index contributed by atoms with van der Waals surface area (Å²) in [5.74, 6) is -0.339. The summed E-state index contributed by atoms with van der Waals surface area (Å²) in [7, 11) is 0. The molecule has 2 amide bonds. The van der Waals surface area contributed by atoms with Crippen LogP contribution in [-0.4, -0.2) is 62.3 Å². The Balaban J connectivity index is 1.53. The number of amides is 2. The SMILES string of the molecule is C#CCON=C(C(=O)NC1C(=O)N2C(C(=O)[O-])=C(C[n+]3cccc(CO)c3)CS[C@@H]12)c1csc(N)n1. The van der Waals surface area contributed by atoms with Gasteiger partial charge in [-0.3, -0.25) is 14.5 Å². The minimum atomic E-state index is -1.49. The lowest BCUT2D eigenvalue weighted by atomic mass is 10.0. The molecule has 2 aliphatic heterocycles. The number of carboxylic acids is 1. The second-order valence-corrected chi connectivity index (χ2v) is 9.63. The van der Waals surface area contributed by atoms with Gasteiger partial charge in [0.25, 0.3) is 11.8 Å². The molecule has 2 atom stereocenters. The van der Waals surface area contributed by atoms with E-state index in [1.54, 1.807) is 29.1 Å². The van der Waals surface area contributed by atoms with E-state index < -0.39 is 29.2 Å². The van der Waals surface area contributed by atoms with E-state index in [0.29, 0.717) is 11.1 Å². The minimum Gasteiger partial charge on any atom is -0.543 e. The summed E-state index contributed by atoms with van der Waals surface area (Å²) in [6, 6.07) is 2.46. The average molecular weight is 529 g/mol. The summed E-state index contributed by atoms with van der Waals surface area (Å²) in [6.45, 7) is -0.165. The number of thioether (sulfide) groups is 1. The number of carbonyl (C=O) groups excluding carboxylic acids is 3. The number of aromatic nitrogens is 2. The predicted octanol–water partition coefficient (Wildman–Crippen LogP) is -2.04. The Hall–Kier alpha value is -3.93. The molecule has 0 radical (unpaired) electrons. The van der Waals surface area contributed by atoms with Crippen LogP contribution in [0.1, 0.15) is 11.3 Å². The van der Waals surface area contributed by atoms with Crippen LogP contribution in [0.5, 0.6) is 0 Å². The van der Waals surface area contributed by atoms with E-state index in [9.17, 15) is 24.6 Å². The number of carbonyl (C=O) groups is 3. The number of pyridine rings is 1. The molecule has 0 aromatic carbocycles. The number of nitrogens with zero attached hydrogens (tertiary/aromatic N) is 4. The molecule has 1 fully saturated rings. The number of β-lactam (4-membered cyclic amide) rings is 1. The lowest BCUT2D eigenvalue weighted by Crippen LogP contribution is -2.71. The standard InChI is InChI=1S/C22H20N6O6S2/c1-2-6-34-26-15(14-11-36-22(23)24-14)18(30)25-16-19(31)28-17(21(32)33)13(10-35-20(16)28)8-27-5-3-4-12(7-27)9-29/h1,3-5,7,11,16,20,29H,6,8-10H2,(H3-,23,24,25,30,32,33)/t16?,20-/m0/s1. The number of aliphatic carboxylic acids is 1. The zero-order valence-electron chi connectivity index (χ0n) is 18.6. The normalized spacial score (nSPS) is 19.3. The van der Waals surface area contributed by atoms with Crippen molar-refractivity contribution < 1.29 is 34.0 Å². The summed E-state index contributed by atoms with van der Waals surface area (Å²) < 4.78 is 1.72. The maximum atomic E-state index is 13.0. The topological polar surface area (TPSA) is 174 Å². The van der Waals surface area contributed by atoms with Crippen LogP contribution in [0.4, 0.5) is 5.13 Å². The lowest BCUT2D eigenvalue weighted by molar-refractivity contribution is -0.689. The van der Waals surface area contributed by atoms with Crippen molar-refractivity contribution >= 4 is 51.7 Å². The Morgan fingerprint density at radius 1 is 1.50 bits per heavy atom. The first-order chi connectivity index (χ1) is 17.3. The molecule has 2 aromatic heterocycles. The van der Waals surface area contributed by atoms with Crippen LogP contribution in [0.3, 0.4) is 0 Å². The zero-order valence-corrected chi connectivity index (χ0v) is 20.3. The van der Waals surface area contributed by atoms with Crippen LogP contribution < -0.4 is 20.7 Å². The second kappa shape index (κ2) is 10.8. The van der Waals surface area contributed by atoms with E-state index in [0.717, 1.165) is 16.2 Å². The molecule has 4 N–H and O–H groups in total. The molecule has 4 rings (SSSR count). The van der Waals surface area contributed by atoms with Crippen molar-refractivity contribution in [2.75, 3.05) is 18.1 Å². The van der Waals surface area contributed by atoms with Gasteiger partial charge >= 0.3 is 0 Å². The number of nitrogen functional groups attached to an aromatic ring is 1. The number of nitrogens with one attached hydrogen (secondary N) is 1. The Morgan fingerprint density at radius 3 is 2.97 bits per heavy atom. The smallest absolute Gasteiger partial charge is 0.276 e. The van der Waals surface area contributed by atoms with Crippen molar-refractivity contribution in [2.24, 2.45) is 5.16 Å². The van der Waals surface area contributed by atoms with E-state index in [2.05, 4.69) is 21.4 Å². The number of carboxylic acid groups (broad SMARTS) is 1. The number of aliphatic hydroxyl groups is 1. The number of nitrogens with two attached hydrogens (primary N) is 1. The van der Waals surface area contributed by atoms with Gasteiger partial charge in [-0.1, -0.05) is 11.1 Å². The molecule has 14 heteroatoms. The molecular formula is C22H20N6O6S2. The zero-order chi connectivity index (χ0) is 25.8. The van der Waals surface area contributed by atoms with Gasteiger partial charge in [-0.2, -0.15) is 0 Å². The molecule has 12 nitrogen and oxygen atoms in total. The Morgan fingerprint density at radius 2 is 2.31 bits per heavy atom. The third kappa shape index (κ3) is 5.03. The fourth-order valence-electron chi connectivity index (χ4n) is 3.73. The van der Waals surface area contributed by atoms with Gasteiger partial charge in [-0.25, -0.2) is 9.55 Å². The number of terminal acetylenes is 1. The molecule has 1 saturated heterocycles. The molecule has 2 aromatic rings. The van der Waals surface area contributed by atoms with Crippen LogP contribution in [0, 0.1) is 12.3 Å². The van der Waals surface area contributed by atoms with Crippen molar-refractivity contribution in [3.63, 3.8) is 0 Å². The van der Waals surface area contributed by atoms with Crippen LogP contribution in [0.15, 0.2) is 46.3 Å². The number of aliphatic hydroxyl groups excluding tert-OH is 1. The Bertz CT molecular complexity index is 1320. The van der Waals surface area contributed by atoms with Gasteiger partial charge in [0.2, 0.25) is 0 Å². The molecule has 0 spiro atoms. The first kappa shape index (κ1) is 25.2. The number of rotatable bonds is 9. The highest BCUT2D eigenvalue weighted by atomic mass is 32.2. The van der Waals surface area contributed by atoms with Gasteiger partial charge in [0, 0.05) is 28.3 Å². The summed E-state index contributed by atoms with van der Waals surface area (Å²) >= 11 is 2.40. The quantitative estimate of drug-likeness (QED) is 0.0827. The van der Waals surface area contributed by atoms with E-state index in [-0.39, 0.29) is 47.7 Å². The monoisotopic (exact) mass is 528 g/mol. The van der Waals surface area contributed by atoms with Gasteiger partial charge in [0.15, 0.2) is 36.4 Å². The van der Waals surface area contributed by atoms with Crippen LogP contribution >= 0.6 is 23.1 Å². The van der Waals surface area contributed by atoms with Gasteiger partial charge in [0.1, 0.15) is 17.1 Å². The highest BCUT2D eigenvalue weighted by Crippen LogP contribution is 2.40. The third-order valence-corrected chi connectivity index (χ3v) is 7.30. The molecular weight excluding hydrogens is 508 g/mol. The third-order valence-electron chi connectivity index (χ3n) is 5.29. The molecule has 4 heterocycles. The van der Waals surface area contributed by atoms with Gasteiger partial charge in [-0.05, 0) is 6.07 Å². The molecule has 0 bridgehead atoms. The number of hydrogen-bond donors (Lipinski definition) is 3. The van der Waals surface area contributed by atoms with Gasteiger partial charge in [0.05, 0.1) is 18.3 Å². The van der Waals surface area contributed by atoms with E-state index in [4.69, 9.17) is 17.0 Å². The van der Waals surface area contributed by atoms with Gasteiger partial charge in [-0.15, -0.1) is 29.5 Å². The number of thiazole rings is 1.